The molecule has 3 nitrogen and oxygen atoms in total. The lowest BCUT2D eigenvalue weighted by molar-refractivity contribution is -0.138. The second kappa shape index (κ2) is 6.50. The number of hydrogen-bond donors (Lipinski definition) is 2. The molecule has 1 aliphatic rings. The molecule has 7 heteroatoms. The first-order chi connectivity index (χ1) is 10.2. The van der Waals surface area contributed by atoms with E-state index in [1.807, 2.05) is 0 Å². The van der Waals surface area contributed by atoms with Crippen LogP contribution >= 0.6 is 11.8 Å². The second-order valence-corrected chi connectivity index (χ2v) is 6.67. The molecule has 22 heavy (non-hydrogen) atoms. The monoisotopic (exact) mass is 333 g/mol. The lowest BCUT2D eigenvalue weighted by Gasteiger charge is -2.24. The number of carbonyl (C=O) groups is 1. The minimum atomic E-state index is -4.42. The summed E-state index contributed by atoms with van der Waals surface area (Å²) in [6.07, 6.45) is -3.99. The smallest absolute Gasteiger partial charge is 0.379 e. The predicted molar refractivity (Wildman–Crippen MR) is 79.6 cm³/mol. The van der Waals surface area contributed by atoms with Crippen molar-refractivity contribution in [2.45, 2.75) is 37.6 Å². The van der Waals surface area contributed by atoms with Gasteiger partial charge in [0.25, 0.3) is 5.91 Å². The molecule has 0 radical (unpaired) electrons. The molecule has 1 aliphatic heterocycles. The number of aliphatic hydroxyl groups is 1. The molecule has 2 N–H and O–H groups in total. The van der Waals surface area contributed by atoms with Gasteiger partial charge in [0, 0.05) is 11.8 Å². The zero-order valence-electron chi connectivity index (χ0n) is 12.1. The van der Waals surface area contributed by atoms with Gasteiger partial charge in [0.2, 0.25) is 0 Å². The lowest BCUT2D eigenvalue weighted by atomic mass is 9.98. The van der Waals surface area contributed by atoms with E-state index in [4.69, 9.17) is 0 Å². The number of halogens is 3. The average molecular weight is 333 g/mol. The fraction of sp³-hybridized carbons (Fsp3) is 0.533. The van der Waals surface area contributed by atoms with E-state index in [-0.39, 0.29) is 12.0 Å². The van der Waals surface area contributed by atoms with Crippen molar-refractivity contribution in [3.8, 4) is 0 Å². The third-order valence-corrected chi connectivity index (χ3v) is 4.82. The van der Waals surface area contributed by atoms with E-state index in [0.29, 0.717) is 17.9 Å². The summed E-state index contributed by atoms with van der Waals surface area (Å²) in [4.78, 5) is 12.1. The molecule has 1 saturated heterocycles. The normalized spacial score (nSPS) is 23.3. The first-order valence-corrected chi connectivity index (χ1v) is 8.14. The Morgan fingerprint density at radius 3 is 2.73 bits per heavy atom. The van der Waals surface area contributed by atoms with E-state index in [9.17, 15) is 23.1 Å². The van der Waals surface area contributed by atoms with Crippen molar-refractivity contribution in [1.82, 2.24) is 5.32 Å². The van der Waals surface area contributed by atoms with E-state index in [1.165, 1.54) is 23.9 Å². The number of hydrogen-bond acceptors (Lipinski definition) is 3. The van der Waals surface area contributed by atoms with Crippen LogP contribution in [-0.4, -0.2) is 34.2 Å². The van der Waals surface area contributed by atoms with Crippen LogP contribution in [0.2, 0.25) is 0 Å². The van der Waals surface area contributed by atoms with E-state index >= 15 is 0 Å². The topological polar surface area (TPSA) is 49.3 Å². The van der Waals surface area contributed by atoms with Crippen molar-refractivity contribution in [2.75, 3.05) is 11.5 Å². The Balaban J connectivity index is 2.04. The average Bonchev–Trinajstić information content (AvgIpc) is 2.86. The minimum absolute atomic E-state index is 0.0602. The Hall–Kier alpha value is -1.21. The fourth-order valence-electron chi connectivity index (χ4n) is 2.45. The van der Waals surface area contributed by atoms with Crippen LogP contribution in [0.4, 0.5) is 13.2 Å². The Kier molecular flexibility index (Phi) is 5.07. The summed E-state index contributed by atoms with van der Waals surface area (Å²) in [7, 11) is 0. The maximum atomic E-state index is 12.9. The summed E-state index contributed by atoms with van der Waals surface area (Å²) in [6, 6.07) is 4.83. The summed E-state index contributed by atoms with van der Waals surface area (Å²) < 4.78 is 38.8. The van der Waals surface area contributed by atoms with Crippen LogP contribution in [0.25, 0.3) is 0 Å². The molecule has 0 saturated carbocycles. The van der Waals surface area contributed by atoms with Crippen LogP contribution in [0.3, 0.4) is 0 Å². The van der Waals surface area contributed by atoms with Crippen molar-refractivity contribution in [1.29, 1.82) is 0 Å². The van der Waals surface area contributed by atoms with Crippen LogP contribution < -0.4 is 5.32 Å². The molecular weight excluding hydrogens is 315 g/mol. The Morgan fingerprint density at radius 1 is 1.45 bits per heavy atom. The minimum Gasteiger partial charge on any atom is -0.379 e. The molecule has 0 aliphatic carbocycles. The van der Waals surface area contributed by atoms with Crippen molar-refractivity contribution >= 4 is 17.7 Å². The highest BCUT2D eigenvalue weighted by molar-refractivity contribution is 7.99. The number of benzene rings is 1. The molecule has 122 valence electrons. The quantitative estimate of drug-likeness (QED) is 0.890. The van der Waals surface area contributed by atoms with Gasteiger partial charge in [-0.05, 0) is 37.1 Å². The Bertz CT molecular complexity index is 542. The van der Waals surface area contributed by atoms with Gasteiger partial charge in [0.05, 0.1) is 5.56 Å². The predicted octanol–water partition coefficient (Wildman–Crippen LogP) is 2.62. The molecule has 1 amide bonds. The highest BCUT2D eigenvalue weighted by Gasteiger charge is 2.40. The van der Waals surface area contributed by atoms with Crippen LogP contribution in [0.1, 0.15) is 24.5 Å². The summed E-state index contributed by atoms with van der Waals surface area (Å²) in [5, 5.41) is 12.8. The highest BCUT2D eigenvalue weighted by Crippen LogP contribution is 2.32. The summed E-state index contributed by atoms with van der Waals surface area (Å²) in [6.45, 7) is 1.64. The third-order valence-electron chi connectivity index (χ3n) is 3.65. The maximum absolute atomic E-state index is 12.9. The van der Waals surface area contributed by atoms with Crippen LogP contribution in [0.5, 0.6) is 0 Å². The van der Waals surface area contributed by atoms with Crippen molar-refractivity contribution < 1.29 is 23.1 Å². The second-order valence-electron chi connectivity index (χ2n) is 5.57. The first-order valence-electron chi connectivity index (χ1n) is 6.98. The standard InChI is InChI=1S/C15H18F3NO2S/c1-10(19-13(20)14(21)6-7-22-9-14)8-11-4-2-3-5-12(11)15(16,17)18/h2-5,10,21H,6-9H2,1H3,(H,19,20)/t10-,14+/m0/s1. The van der Waals surface area contributed by atoms with Gasteiger partial charge < -0.3 is 10.4 Å². The van der Waals surface area contributed by atoms with Crippen LogP contribution in [0, 0.1) is 0 Å². The highest BCUT2D eigenvalue weighted by atomic mass is 32.2. The molecule has 0 unspecified atom stereocenters. The van der Waals surface area contributed by atoms with E-state index < -0.39 is 29.3 Å². The third kappa shape index (κ3) is 3.95. The van der Waals surface area contributed by atoms with Gasteiger partial charge in [0.15, 0.2) is 5.60 Å². The SMILES string of the molecule is C[C@@H](Cc1ccccc1C(F)(F)F)NC(=O)[C@@]1(O)CCSC1. The van der Waals surface area contributed by atoms with Gasteiger partial charge in [-0.3, -0.25) is 4.79 Å². The molecule has 0 aromatic heterocycles. The van der Waals surface area contributed by atoms with Gasteiger partial charge >= 0.3 is 6.18 Å². The number of carbonyl (C=O) groups excluding carboxylic acids is 1. The summed E-state index contributed by atoms with van der Waals surface area (Å²) >= 11 is 1.49. The van der Waals surface area contributed by atoms with E-state index in [0.717, 1.165) is 6.07 Å². The molecule has 2 rings (SSSR count). The molecule has 1 aromatic rings. The van der Waals surface area contributed by atoms with Crippen LogP contribution in [0.15, 0.2) is 24.3 Å². The van der Waals surface area contributed by atoms with E-state index in [2.05, 4.69) is 5.32 Å². The summed E-state index contributed by atoms with van der Waals surface area (Å²) in [5.41, 5.74) is -1.95. The molecule has 0 spiro atoms. The fourth-order valence-corrected chi connectivity index (χ4v) is 3.69. The maximum Gasteiger partial charge on any atom is 0.416 e. The van der Waals surface area contributed by atoms with Gasteiger partial charge in [-0.25, -0.2) is 0 Å². The number of thioether (sulfide) groups is 1. The molecular formula is C15H18F3NO2S. The molecule has 1 fully saturated rings. The van der Waals surface area contributed by atoms with Gasteiger partial charge in [0.1, 0.15) is 0 Å². The first kappa shape index (κ1) is 17.1. The molecule has 2 atom stereocenters. The van der Waals surface area contributed by atoms with Gasteiger partial charge in [-0.2, -0.15) is 24.9 Å². The van der Waals surface area contributed by atoms with E-state index in [1.54, 1.807) is 13.0 Å². The number of amides is 1. The largest absolute Gasteiger partial charge is 0.416 e. The zero-order valence-corrected chi connectivity index (χ0v) is 12.9. The number of alkyl halides is 3. The van der Waals surface area contributed by atoms with Crippen molar-refractivity contribution in [3.05, 3.63) is 35.4 Å². The Morgan fingerprint density at radius 2 is 2.14 bits per heavy atom. The van der Waals surface area contributed by atoms with Crippen LogP contribution in [-0.2, 0) is 17.4 Å². The van der Waals surface area contributed by atoms with Crippen molar-refractivity contribution in [3.63, 3.8) is 0 Å². The number of nitrogens with one attached hydrogen (secondary N) is 1. The Labute approximate surface area is 131 Å². The lowest BCUT2D eigenvalue weighted by Crippen LogP contribution is -2.50. The molecule has 1 heterocycles. The van der Waals surface area contributed by atoms with Gasteiger partial charge in [-0.1, -0.05) is 18.2 Å². The molecule has 1 aromatic carbocycles. The zero-order chi connectivity index (χ0) is 16.4. The van der Waals surface area contributed by atoms with Gasteiger partial charge in [-0.15, -0.1) is 0 Å². The van der Waals surface area contributed by atoms with Crippen molar-refractivity contribution in [2.24, 2.45) is 0 Å². The summed E-state index contributed by atoms with van der Waals surface area (Å²) in [5.74, 6) is 0.523. The number of rotatable bonds is 4. The molecule has 0 bridgehead atoms.